The van der Waals surface area contributed by atoms with Crippen LogP contribution in [-0.4, -0.2) is 64.1 Å². The van der Waals surface area contributed by atoms with Gasteiger partial charge in [0.15, 0.2) is 0 Å². The number of benzene rings is 1. The molecule has 1 aliphatic heterocycles. The maximum absolute atomic E-state index is 4.24. The van der Waals surface area contributed by atoms with Crippen molar-refractivity contribution in [3.05, 3.63) is 47.8 Å². The molecular weight excluding hydrogens is 312 g/mol. The van der Waals surface area contributed by atoms with Crippen molar-refractivity contribution in [3.8, 4) is 0 Å². The molecule has 2 heterocycles. The van der Waals surface area contributed by atoms with Crippen LogP contribution in [0.25, 0.3) is 0 Å². The predicted octanol–water partition coefficient (Wildman–Crippen LogP) is 1.60. The van der Waals surface area contributed by atoms with Gasteiger partial charge in [-0.25, -0.2) is 0 Å². The minimum absolute atomic E-state index is 0.812. The van der Waals surface area contributed by atoms with E-state index in [-0.39, 0.29) is 0 Å². The minimum Gasteiger partial charge on any atom is -0.311 e. The number of rotatable bonds is 9. The molecule has 25 heavy (non-hydrogen) atoms. The van der Waals surface area contributed by atoms with Gasteiger partial charge in [0.05, 0.1) is 12.2 Å². The lowest BCUT2D eigenvalue weighted by Gasteiger charge is -2.34. The highest BCUT2D eigenvalue weighted by atomic mass is 15.4. The van der Waals surface area contributed by atoms with Gasteiger partial charge >= 0.3 is 0 Å². The van der Waals surface area contributed by atoms with Gasteiger partial charge in [-0.2, -0.15) is 0 Å². The van der Waals surface area contributed by atoms with Crippen molar-refractivity contribution in [2.24, 2.45) is 0 Å². The lowest BCUT2D eigenvalue weighted by Crippen LogP contribution is -2.46. The summed E-state index contributed by atoms with van der Waals surface area (Å²) in [4.78, 5) is 5.07. The predicted molar refractivity (Wildman–Crippen MR) is 100 cm³/mol. The fourth-order valence-electron chi connectivity index (χ4n) is 3.18. The molecule has 1 N–H and O–H groups in total. The third-order valence-corrected chi connectivity index (χ3v) is 4.68. The molecule has 1 aromatic carbocycles. The van der Waals surface area contributed by atoms with Gasteiger partial charge in [-0.1, -0.05) is 42.5 Å². The molecule has 1 aliphatic rings. The average Bonchev–Trinajstić information content (AvgIpc) is 3.10. The molecule has 6 nitrogen and oxygen atoms in total. The lowest BCUT2D eigenvalue weighted by molar-refractivity contribution is 0.123. The SMILES string of the molecule is CCCNCc1cn(CCN2CCN(Cc3ccccc3)CC2)nn1. The minimum atomic E-state index is 0.812. The van der Waals surface area contributed by atoms with Gasteiger partial charge in [-0.15, -0.1) is 5.10 Å². The molecule has 0 aliphatic carbocycles. The van der Waals surface area contributed by atoms with Crippen molar-refractivity contribution < 1.29 is 0 Å². The topological polar surface area (TPSA) is 49.2 Å². The summed E-state index contributed by atoms with van der Waals surface area (Å²) in [5, 5.41) is 11.8. The number of nitrogens with zero attached hydrogens (tertiary/aromatic N) is 5. The summed E-state index contributed by atoms with van der Waals surface area (Å²) in [6.45, 7) is 11.6. The zero-order chi connectivity index (χ0) is 17.3. The number of aromatic nitrogens is 3. The van der Waals surface area contributed by atoms with E-state index in [2.05, 4.69) is 68.9 Å². The van der Waals surface area contributed by atoms with E-state index in [0.717, 1.165) is 71.0 Å². The summed E-state index contributed by atoms with van der Waals surface area (Å²) in [7, 11) is 0. The standard InChI is InChI=1S/C19H30N6/c1-2-8-20-15-19-17-25(22-21-19)14-13-23-9-11-24(12-10-23)16-18-6-4-3-5-7-18/h3-7,17,20H,2,8-16H2,1H3. The highest BCUT2D eigenvalue weighted by molar-refractivity contribution is 5.14. The van der Waals surface area contributed by atoms with Crippen LogP contribution in [0.5, 0.6) is 0 Å². The largest absolute Gasteiger partial charge is 0.311 e. The molecule has 1 saturated heterocycles. The highest BCUT2D eigenvalue weighted by Gasteiger charge is 2.16. The van der Waals surface area contributed by atoms with E-state index in [1.165, 1.54) is 5.56 Å². The molecule has 136 valence electrons. The quantitative estimate of drug-likeness (QED) is 0.702. The summed E-state index contributed by atoms with van der Waals surface area (Å²) in [5.41, 5.74) is 2.43. The van der Waals surface area contributed by atoms with Crippen LogP contribution in [0.2, 0.25) is 0 Å². The van der Waals surface area contributed by atoms with Crippen LogP contribution in [0.4, 0.5) is 0 Å². The molecule has 0 bridgehead atoms. The maximum Gasteiger partial charge on any atom is 0.0964 e. The fraction of sp³-hybridized carbons (Fsp3) is 0.579. The van der Waals surface area contributed by atoms with E-state index < -0.39 is 0 Å². The van der Waals surface area contributed by atoms with Crippen LogP contribution in [0.15, 0.2) is 36.5 Å². The van der Waals surface area contributed by atoms with Crippen LogP contribution in [-0.2, 0) is 19.6 Å². The van der Waals surface area contributed by atoms with Gasteiger partial charge in [-0.05, 0) is 18.5 Å². The van der Waals surface area contributed by atoms with Crippen molar-refractivity contribution in [1.29, 1.82) is 0 Å². The summed E-state index contributed by atoms with van der Waals surface area (Å²) in [5.74, 6) is 0. The molecule has 2 aromatic rings. The average molecular weight is 342 g/mol. The third-order valence-electron chi connectivity index (χ3n) is 4.68. The van der Waals surface area contributed by atoms with Crippen molar-refractivity contribution >= 4 is 0 Å². The zero-order valence-electron chi connectivity index (χ0n) is 15.3. The maximum atomic E-state index is 4.24. The summed E-state index contributed by atoms with van der Waals surface area (Å²) >= 11 is 0. The first-order chi connectivity index (χ1) is 12.3. The second-order valence-corrected chi connectivity index (χ2v) is 6.75. The van der Waals surface area contributed by atoms with Gasteiger partial charge in [0.2, 0.25) is 0 Å². The molecule has 0 amide bonds. The van der Waals surface area contributed by atoms with Crippen molar-refractivity contribution in [3.63, 3.8) is 0 Å². The molecule has 1 aromatic heterocycles. The van der Waals surface area contributed by atoms with E-state index in [1.54, 1.807) is 0 Å². The molecule has 6 heteroatoms. The molecule has 0 radical (unpaired) electrons. The van der Waals surface area contributed by atoms with Crippen LogP contribution in [0.1, 0.15) is 24.6 Å². The smallest absolute Gasteiger partial charge is 0.0964 e. The fourth-order valence-corrected chi connectivity index (χ4v) is 3.18. The second kappa shape index (κ2) is 9.65. The molecule has 0 spiro atoms. The number of nitrogens with one attached hydrogen (secondary N) is 1. The van der Waals surface area contributed by atoms with E-state index in [4.69, 9.17) is 0 Å². The Balaban J connectivity index is 1.35. The van der Waals surface area contributed by atoms with Gasteiger partial charge < -0.3 is 5.32 Å². The number of hydrogen-bond donors (Lipinski definition) is 1. The zero-order valence-corrected chi connectivity index (χ0v) is 15.3. The lowest BCUT2D eigenvalue weighted by atomic mass is 10.2. The Morgan fingerprint density at radius 1 is 1.00 bits per heavy atom. The summed E-state index contributed by atoms with van der Waals surface area (Å²) < 4.78 is 1.97. The first-order valence-corrected chi connectivity index (χ1v) is 9.42. The Kier molecular flexibility index (Phi) is 6.97. The molecule has 0 saturated carbocycles. The Morgan fingerprint density at radius 2 is 1.76 bits per heavy atom. The Hall–Kier alpha value is -1.76. The van der Waals surface area contributed by atoms with E-state index in [9.17, 15) is 0 Å². The van der Waals surface area contributed by atoms with Gasteiger partial charge in [0.25, 0.3) is 0 Å². The molecule has 0 atom stereocenters. The number of piperazine rings is 1. The van der Waals surface area contributed by atoms with E-state index in [1.807, 2.05) is 4.68 Å². The molecular formula is C19H30N6. The summed E-state index contributed by atoms with van der Waals surface area (Å²) in [6, 6.07) is 10.7. The highest BCUT2D eigenvalue weighted by Crippen LogP contribution is 2.08. The molecule has 3 rings (SSSR count). The third kappa shape index (κ3) is 5.92. The van der Waals surface area contributed by atoms with E-state index in [0.29, 0.717) is 0 Å². The van der Waals surface area contributed by atoms with Gasteiger partial charge in [-0.3, -0.25) is 14.5 Å². The van der Waals surface area contributed by atoms with Crippen LogP contribution in [0, 0.1) is 0 Å². The van der Waals surface area contributed by atoms with Crippen molar-refractivity contribution in [2.75, 3.05) is 39.3 Å². The van der Waals surface area contributed by atoms with Crippen LogP contribution < -0.4 is 5.32 Å². The Morgan fingerprint density at radius 3 is 2.52 bits per heavy atom. The Bertz CT molecular complexity index is 603. The van der Waals surface area contributed by atoms with E-state index >= 15 is 0 Å². The normalized spacial score (nSPS) is 16.4. The first-order valence-electron chi connectivity index (χ1n) is 9.42. The second-order valence-electron chi connectivity index (χ2n) is 6.75. The van der Waals surface area contributed by atoms with Crippen molar-refractivity contribution in [1.82, 2.24) is 30.1 Å². The molecule has 0 unspecified atom stereocenters. The molecule has 1 fully saturated rings. The first kappa shape index (κ1) is 18.0. The van der Waals surface area contributed by atoms with Gasteiger partial charge in [0, 0.05) is 52.0 Å². The van der Waals surface area contributed by atoms with Crippen LogP contribution in [0.3, 0.4) is 0 Å². The van der Waals surface area contributed by atoms with Crippen LogP contribution >= 0.6 is 0 Å². The van der Waals surface area contributed by atoms with Gasteiger partial charge in [0.1, 0.15) is 0 Å². The Labute approximate surface area is 150 Å². The summed E-state index contributed by atoms with van der Waals surface area (Å²) in [6.07, 6.45) is 3.21. The monoisotopic (exact) mass is 342 g/mol. The van der Waals surface area contributed by atoms with Crippen molar-refractivity contribution in [2.45, 2.75) is 33.0 Å². The number of hydrogen-bond acceptors (Lipinski definition) is 5.